The van der Waals surface area contributed by atoms with Crippen molar-refractivity contribution in [3.05, 3.63) is 59.3 Å². The van der Waals surface area contributed by atoms with Crippen molar-refractivity contribution in [1.82, 2.24) is 15.6 Å². The molecular weight excluding hydrogens is 436 g/mol. The number of carboxylic acid groups (broad SMARTS) is 1. The fourth-order valence-corrected chi connectivity index (χ4v) is 3.71. The van der Waals surface area contributed by atoms with Gasteiger partial charge in [-0.1, -0.05) is 36.4 Å². The van der Waals surface area contributed by atoms with Crippen LogP contribution in [0.25, 0.3) is 0 Å². The van der Waals surface area contributed by atoms with Crippen molar-refractivity contribution in [3.63, 3.8) is 0 Å². The van der Waals surface area contributed by atoms with E-state index in [4.69, 9.17) is 4.74 Å². The Balaban J connectivity index is 1.29. The number of carbonyl (C=O) groups is 3. The number of alkyl carbamates (subject to hydrolysis) is 1. The molecule has 0 spiro atoms. The highest BCUT2D eigenvalue weighted by Crippen LogP contribution is 2.20. The number of fused-ring (bicyclic) bond motifs is 1. The van der Waals surface area contributed by atoms with Crippen molar-refractivity contribution in [1.29, 1.82) is 0 Å². The molecule has 182 valence electrons. The first-order chi connectivity index (χ1) is 16.5. The van der Waals surface area contributed by atoms with E-state index in [0.717, 1.165) is 49.3 Å². The van der Waals surface area contributed by atoms with Crippen LogP contribution in [0.5, 0.6) is 0 Å². The zero-order valence-corrected chi connectivity index (χ0v) is 19.2. The van der Waals surface area contributed by atoms with Gasteiger partial charge < -0.3 is 25.8 Å². The Morgan fingerprint density at radius 3 is 2.74 bits per heavy atom. The molecule has 1 atom stereocenters. The number of hydrogen-bond acceptors (Lipinski definition) is 6. The molecule has 0 saturated heterocycles. The summed E-state index contributed by atoms with van der Waals surface area (Å²) in [6.07, 6.45) is 4.15. The monoisotopic (exact) mass is 468 g/mol. The molecule has 9 heteroatoms. The number of anilines is 1. The van der Waals surface area contributed by atoms with Gasteiger partial charge in [-0.25, -0.2) is 14.6 Å². The van der Waals surface area contributed by atoms with Crippen LogP contribution >= 0.6 is 0 Å². The predicted molar refractivity (Wildman–Crippen MR) is 127 cm³/mol. The summed E-state index contributed by atoms with van der Waals surface area (Å²) in [7, 11) is 0. The van der Waals surface area contributed by atoms with E-state index in [1.807, 2.05) is 18.2 Å². The molecule has 0 aliphatic carbocycles. The van der Waals surface area contributed by atoms with Crippen LogP contribution < -0.4 is 16.0 Å². The topological polar surface area (TPSA) is 130 Å². The van der Waals surface area contributed by atoms with Gasteiger partial charge in [0.25, 0.3) is 0 Å². The number of benzene rings is 1. The smallest absolute Gasteiger partial charge is 0.408 e. The number of ether oxygens (including phenoxy) is 1. The SMILES string of the molecule is O=C(CCCCc1ccc2c(n1)NCCC2)NCC[C@@H](NC(=O)OCc1ccccc1)C(=O)O. The first-order valence-corrected chi connectivity index (χ1v) is 11.7. The minimum Gasteiger partial charge on any atom is -0.480 e. The number of pyridine rings is 1. The van der Waals surface area contributed by atoms with Gasteiger partial charge in [0.2, 0.25) is 5.91 Å². The summed E-state index contributed by atoms with van der Waals surface area (Å²) in [5, 5.41) is 17.7. The Morgan fingerprint density at radius 1 is 1.12 bits per heavy atom. The predicted octanol–water partition coefficient (Wildman–Crippen LogP) is 3.04. The molecule has 2 heterocycles. The quantitative estimate of drug-likeness (QED) is 0.352. The largest absolute Gasteiger partial charge is 0.480 e. The molecule has 0 unspecified atom stereocenters. The van der Waals surface area contributed by atoms with Crippen molar-refractivity contribution in [2.24, 2.45) is 0 Å². The number of amides is 2. The van der Waals surface area contributed by atoms with Gasteiger partial charge in [-0.15, -0.1) is 0 Å². The summed E-state index contributed by atoms with van der Waals surface area (Å²) in [5.74, 6) is -0.346. The van der Waals surface area contributed by atoms with Crippen LogP contribution in [-0.2, 0) is 33.8 Å². The summed E-state index contributed by atoms with van der Waals surface area (Å²) < 4.78 is 5.06. The number of nitrogens with one attached hydrogen (secondary N) is 3. The normalized spacial score (nSPS) is 13.2. The van der Waals surface area contributed by atoms with Crippen molar-refractivity contribution < 1.29 is 24.2 Å². The lowest BCUT2D eigenvalue weighted by Gasteiger charge is -2.17. The highest BCUT2D eigenvalue weighted by atomic mass is 16.5. The third-order valence-electron chi connectivity index (χ3n) is 5.60. The minimum atomic E-state index is -1.18. The van der Waals surface area contributed by atoms with Gasteiger partial charge >= 0.3 is 12.1 Å². The van der Waals surface area contributed by atoms with E-state index in [1.54, 1.807) is 12.1 Å². The summed E-state index contributed by atoms with van der Waals surface area (Å²) in [4.78, 5) is 40.1. The number of rotatable bonds is 12. The molecule has 1 aromatic heterocycles. The number of carboxylic acids is 1. The van der Waals surface area contributed by atoms with Crippen LogP contribution in [0.15, 0.2) is 42.5 Å². The highest BCUT2D eigenvalue weighted by molar-refractivity contribution is 5.80. The van der Waals surface area contributed by atoms with Gasteiger partial charge in [0.1, 0.15) is 18.5 Å². The number of aryl methyl sites for hydroxylation is 2. The second-order valence-corrected chi connectivity index (χ2v) is 8.28. The maximum atomic E-state index is 12.1. The van der Waals surface area contributed by atoms with E-state index in [2.05, 4.69) is 33.1 Å². The number of hydrogen-bond donors (Lipinski definition) is 4. The van der Waals surface area contributed by atoms with E-state index >= 15 is 0 Å². The summed E-state index contributed by atoms with van der Waals surface area (Å²) in [6.45, 7) is 1.15. The van der Waals surface area contributed by atoms with E-state index in [1.165, 1.54) is 5.56 Å². The van der Waals surface area contributed by atoms with Gasteiger partial charge in [-0.2, -0.15) is 0 Å². The highest BCUT2D eigenvalue weighted by Gasteiger charge is 2.20. The van der Waals surface area contributed by atoms with Crippen molar-refractivity contribution in [2.75, 3.05) is 18.4 Å². The zero-order valence-electron chi connectivity index (χ0n) is 19.2. The first kappa shape index (κ1) is 25.0. The van der Waals surface area contributed by atoms with Gasteiger partial charge in [0, 0.05) is 25.2 Å². The number of aliphatic carboxylic acids is 1. The molecule has 1 aromatic carbocycles. The molecule has 2 amide bonds. The molecule has 9 nitrogen and oxygen atoms in total. The lowest BCUT2D eigenvalue weighted by molar-refractivity contribution is -0.139. The van der Waals surface area contributed by atoms with Crippen molar-refractivity contribution >= 4 is 23.8 Å². The molecule has 1 aliphatic rings. The number of aromatic nitrogens is 1. The maximum absolute atomic E-state index is 12.1. The molecule has 34 heavy (non-hydrogen) atoms. The summed E-state index contributed by atoms with van der Waals surface area (Å²) >= 11 is 0. The Hall–Kier alpha value is -3.62. The fourth-order valence-electron chi connectivity index (χ4n) is 3.71. The van der Waals surface area contributed by atoms with Gasteiger partial charge in [0.05, 0.1) is 0 Å². The van der Waals surface area contributed by atoms with E-state index in [0.29, 0.717) is 12.8 Å². The van der Waals surface area contributed by atoms with Gasteiger partial charge in [-0.05, 0) is 55.7 Å². The molecule has 1 aliphatic heterocycles. The Kier molecular flexibility index (Phi) is 9.69. The average Bonchev–Trinajstić information content (AvgIpc) is 2.85. The Morgan fingerprint density at radius 2 is 1.94 bits per heavy atom. The Bertz CT molecular complexity index is 967. The van der Waals surface area contributed by atoms with Crippen LogP contribution in [0.3, 0.4) is 0 Å². The second-order valence-electron chi connectivity index (χ2n) is 8.28. The molecule has 0 bridgehead atoms. The van der Waals surface area contributed by atoms with Crippen LogP contribution in [0, 0.1) is 0 Å². The van der Waals surface area contributed by atoms with E-state index < -0.39 is 18.1 Å². The standard InChI is InChI=1S/C25H32N4O5/c30-22(11-5-4-10-20-13-12-19-9-6-15-27-23(19)28-20)26-16-14-21(24(31)32)29-25(33)34-17-18-7-2-1-3-8-18/h1-3,7-8,12-13,21H,4-6,9-11,14-17H2,(H,26,30)(H,27,28)(H,29,33)(H,31,32)/t21-/m1/s1. The second kappa shape index (κ2) is 13.2. The van der Waals surface area contributed by atoms with E-state index in [9.17, 15) is 19.5 Å². The third-order valence-corrected chi connectivity index (χ3v) is 5.60. The molecule has 3 rings (SSSR count). The number of nitrogens with zero attached hydrogens (tertiary/aromatic N) is 1. The average molecular weight is 469 g/mol. The number of unbranched alkanes of at least 4 members (excludes halogenated alkanes) is 1. The first-order valence-electron chi connectivity index (χ1n) is 11.7. The van der Waals surface area contributed by atoms with Gasteiger partial charge in [-0.3, -0.25) is 4.79 Å². The molecule has 0 radical (unpaired) electrons. The lowest BCUT2D eigenvalue weighted by Crippen LogP contribution is -2.43. The molecule has 0 saturated carbocycles. The minimum absolute atomic E-state index is 0.0488. The third kappa shape index (κ3) is 8.38. The lowest BCUT2D eigenvalue weighted by atomic mass is 10.1. The van der Waals surface area contributed by atoms with Crippen molar-refractivity contribution in [2.45, 2.75) is 57.6 Å². The molecule has 2 aromatic rings. The maximum Gasteiger partial charge on any atom is 0.408 e. The van der Waals surface area contributed by atoms with Crippen LogP contribution in [-0.4, -0.2) is 47.2 Å². The number of carbonyl (C=O) groups excluding carboxylic acids is 2. The molecule has 0 fully saturated rings. The fraction of sp³-hybridized carbons (Fsp3) is 0.440. The summed E-state index contributed by atoms with van der Waals surface area (Å²) in [6, 6.07) is 12.1. The van der Waals surface area contributed by atoms with Gasteiger partial charge in [0.15, 0.2) is 0 Å². The Labute approximate surface area is 199 Å². The van der Waals surface area contributed by atoms with Crippen LogP contribution in [0.4, 0.5) is 10.6 Å². The van der Waals surface area contributed by atoms with Crippen LogP contribution in [0.2, 0.25) is 0 Å². The zero-order chi connectivity index (χ0) is 24.2. The summed E-state index contributed by atoms with van der Waals surface area (Å²) in [5.41, 5.74) is 3.08. The van der Waals surface area contributed by atoms with Crippen LogP contribution in [0.1, 0.15) is 48.9 Å². The molecular formula is C25H32N4O5. The van der Waals surface area contributed by atoms with E-state index in [-0.39, 0.29) is 25.5 Å². The molecule has 4 N–H and O–H groups in total. The van der Waals surface area contributed by atoms with Crippen molar-refractivity contribution in [3.8, 4) is 0 Å².